The number of thiazole rings is 1. The standard InChI is InChI=1S/C14H16ClN3O2S/c1-4-20-13-6-11(15)10(5-12(13)19-3)7-16-18-14-17-9(2)8-21-14/h5-8H,4H2,1-3H3,(H,17,18). The number of nitrogens with one attached hydrogen (secondary N) is 1. The zero-order chi connectivity index (χ0) is 15.2. The van der Waals surface area contributed by atoms with Crippen molar-refractivity contribution in [1.29, 1.82) is 0 Å². The van der Waals surface area contributed by atoms with Crippen LogP contribution < -0.4 is 14.9 Å². The lowest BCUT2D eigenvalue weighted by atomic mass is 10.2. The lowest BCUT2D eigenvalue weighted by Crippen LogP contribution is -1.98. The van der Waals surface area contributed by atoms with Crippen LogP contribution >= 0.6 is 22.9 Å². The Labute approximate surface area is 132 Å². The first kappa shape index (κ1) is 15.6. The molecule has 2 rings (SSSR count). The molecule has 21 heavy (non-hydrogen) atoms. The van der Waals surface area contributed by atoms with Crippen molar-refractivity contribution in [1.82, 2.24) is 4.98 Å². The van der Waals surface area contributed by atoms with Crippen LogP contribution in [0.4, 0.5) is 5.13 Å². The van der Waals surface area contributed by atoms with Crippen molar-refractivity contribution in [3.8, 4) is 11.5 Å². The third-order valence-electron chi connectivity index (χ3n) is 2.57. The van der Waals surface area contributed by atoms with Crippen LogP contribution in [0.25, 0.3) is 0 Å². The highest BCUT2D eigenvalue weighted by molar-refractivity contribution is 7.13. The lowest BCUT2D eigenvalue weighted by Gasteiger charge is -2.10. The molecule has 1 aromatic heterocycles. The number of halogens is 1. The molecule has 0 bridgehead atoms. The van der Waals surface area contributed by atoms with Crippen LogP contribution in [-0.2, 0) is 0 Å². The topological polar surface area (TPSA) is 55.7 Å². The fourth-order valence-corrected chi connectivity index (χ4v) is 2.48. The average molecular weight is 326 g/mol. The fraction of sp³-hybridized carbons (Fsp3) is 0.286. The first-order valence-electron chi connectivity index (χ1n) is 6.35. The number of hydrogen-bond donors (Lipinski definition) is 1. The number of anilines is 1. The van der Waals surface area contributed by atoms with Crippen molar-refractivity contribution in [2.24, 2.45) is 5.10 Å². The second kappa shape index (κ2) is 7.28. The van der Waals surface area contributed by atoms with Gasteiger partial charge in [0.15, 0.2) is 11.5 Å². The van der Waals surface area contributed by atoms with Crippen LogP contribution in [0.3, 0.4) is 0 Å². The summed E-state index contributed by atoms with van der Waals surface area (Å²) >= 11 is 7.70. The highest BCUT2D eigenvalue weighted by Crippen LogP contribution is 2.32. The summed E-state index contributed by atoms with van der Waals surface area (Å²) in [6.45, 7) is 4.38. The van der Waals surface area contributed by atoms with Crippen molar-refractivity contribution in [3.05, 3.63) is 33.8 Å². The number of hydrazone groups is 1. The summed E-state index contributed by atoms with van der Waals surface area (Å²) in [5.41, 5.74) is 4.56. The molecule has 1 N–H and O–H groups in total. The predicted octanol–water partition coefficient (Wildman–Crippen LogP) is 3.96. The smallest absolute Gasteiger partial charge is 0.203 e. The summed E-state index contributed by atoms with van der Waals surface area (Å²) in [6.07, 6.45) is 1.62. The van der Waals surface area contributed by atoms with Gasteiger partial charge in [-0.2, -0.15) is 5.10 Å². The molecule has 0 atom stereocenters. The number of aryl methyl sites for hydroxylation is 1. The molecule has 0 aliphatic rings. The van der Waals surface area contributed by atoms with Crippen molar-refractivity contribution in [2.45, 2.75) is 13.8 Å². The first-order chi connectivity index (χ1) is 10.1. The van der Waals surface area contributed by atoms with Gasteiger partial charge in [-0.3, -0.25) is 5.43 Å². The Hall–Kier alpha value is -1.79. The summed E-state index contributed by atoms with van der Waals surface area (Å²) in [5.74, 6) is 1.23. The van der Waals surface area contributed by atoms with E-state index in [1.165, 1.54) is 11.3 Å². The van der Waals surface area contributed by atoms with Gasteiger partial charge >= 0.3 is 0 Å². The van der Waals surface area contributed by atoms with E-state index in [2.05, 4.69) is 15.5 Å². The Balaban J connectivity index is 2.15. The van der Waals surface area contributed by atoms with Gasteiger partial charge in [0, 0.05) is 17.0 Å². The molecule has 1 aromatic carbocycles. The Morgan fingerprint density at radius 2 is 2.24 bits per heavy atom. The molecule has 0 radical (unpaired) electrons. The third kappa shape index (κ3) is 4.09. The Morgan fingerprint density at radius 1 is 1.43 bits per heavy atom. The largest absolute Gasteiger partial charge is 0.493 e. The van der Waals surface area contributed by atoms with Crippen molar-refractivity contribution >= 4 is 34.3 Å². The molecule has 0 saturated heterocycles. The van der Waals surface area contributed by atoms with Crippen LogP contribution in [0.2, 0.25) is 5.02 Å². The Kier molecular flexibility index (Phi) is 5.41. The number of rotatable bonds is 6. The van der Waals surface area contributed by atoms with Gasteiger partial charge < -0.3 is 9.47 Å². The van der Waals surface area contributed by atoms with Gasteiger partial charge in [-0.05, 0) is 19.9 Å². The van der Waals surface area contributed by atoms with Gasteiger partial charge in [0.1, 0.15) is 0 Å². The van der Waals surface area contributed by atoms with Crippen LogP contribution in [-0.4, -0.2) is 24.9 Å². The molecule has 2 aromatic rings. The molecule has 1 heterocycles. The van der Waals surface area contributed by atoms with E-state index in [4.69, 9.17) is 21.1 Å². The molecule has 0 unspecified atom stereocenters. The zero-order valence-corrected chi connectivity index (χ0v) is 13.6. The second-order valence-electron chi connectivity index (χ2n) is 4.12. The SMILES string of the molecule is CCOc1cc(Cl)c(C=NNc2nc(C)cs2)cc1OC. The molecule has 0 aliphatic carbocycles. The molecule has 0 amide bonds. The van der Waals surface area contributed by atoms with E-state index in [-0.39, 0.29) is 0 Å². The zero-order valence-electron chi connectivity index (χ0n) is 12.0. The molecular formula is C14H16ClN3O2S. The summed E-state index contributed by atoms with van der Waals surface area (Å²) in [6, 6.07) is 3.50. The van der Waals surface area contributed by atoms with Gasteiger partial charge in [0.05, 0.1) is 30.6 Å². The normalized spacial score (nSPS) is 10.9. The maximum Gasteiger partial charge on any atom is 0.203 e. The molecule has 0 saturated carbocycles. The van der Waals surface area contributed by atoms with Crippen LogP contribution in [0.1, 0.15) is 18.2 Å². The van der Waals surface area contributed by atoms with Crippen molar-refractivity contribution in [3.63, 3.8) is 0 Å². The van der Waals surface area contributed by atoms with Gasteiger partial charge in [-0.15, -0.1) is 11.3 Å². The number of benzene rings is 1. The Morgan fingerprint density at radius 3 is 2.86 bits per heavy atom. The van der Waals surface area contributed by atoms with E-state index < -0.39 is 0 Å². The molecular weight excluding hydrogens is 310 g/mol. The fourth-order valence-electron chi connectivity index (χ4n) is 1.64. The summed E-state index contributed by atoms with van der Waals surface area (Å²) < 4.78 is 10.7. The lowest BCUT2D eigenvalue weighted by molar-refractivity contribution is 0.311. The number of ether oxygens (including phenoxy) is 2. The van der Waals surface area contributed by atoms with Gasteiger partial charge in [0.25, 0.3) is 0 Å². The monoisotopic (exact) mass is 325 g/mol. The maximum atomic E-state index is 6.21. The van der Waals surface area contributed by atoms with E-state index in [0.29, 0.717) is 23.1 Å². The third-order valence-corrected chi connectivity index (χ3v) is 3.76. The van der Waals surface area contributed by atoms with Crippen LogP contribution in [0.15, 0.2) is 22.6 Å². The van der Waals surface area contributed by atoms with E-state index in [9.17, 15) is 0 Å². The predicted molar refractivity (Wildman–Crippen MR) is 87.2 cm³/mol. The average Bonchev–Trinajstić information content (AvgIpc) is 2.87. The van der Waals surface area contributed by atoms with E-state index >= 15 is 0 Å². The van der Waals surface area contributed by atoms with E-state index in [1.54, 1.807) is 25.5 Å². The Bertz CT molecular complexity index is 643. The second-order valence-corrected chi connectivity index (χ2v) is 5.39. The van der Waals surface area contributed by atoms with Crippen LogP contribution in [0, 0.1) is 6.92 Å². The number of aromatic nitrogens is 1. The minimum absolute atomic E-state index is 0.542. The number of methoxy groups -OCH3 is 1. The van der Waals surface area contributed by atoms with Crippen LogP contribution in [0.5, 0.6) is 11.5 Å². The molecule has 0 fully saturated rings. The summed E-state index contributed by atoms with van der Waals surface area (Å²) in [5, 5.41) is 7.35. The highest BCUT2D eigenvalue weighted by Gasteiger charge is 2.09. The minimum atomic E-state index is 0.542. The molecule has 7 heteroatoms. The number of hydrogen-bond acceptors (Lipinski definition) is 6. The van der Waals surface area contributed by atoms with Crippen molar-refractivity contribution < 1.29 is 9.47 Å². The summed E-state index contributed by atoms with van der Waals surface area (Å²) in [4.78, 5) is 4.25. The van der Waals surface area contributed by atoms with E-state index in [1.807, 2.05) is 19.2 Å². The van der Waals surface area contributed by atoms with Gasteiger partial charge in [-0.1, -0.05) is 11.6 Å². The minimum Gasteiger partial charge on any atom is -0.493 e. The molecule has 112 valence electrons. The molecule has 5 nitrogen and oxygen atoms in total. The summed E-state index contributed by atoms with van der Waals surface area (Å²) in [7, 11) is 1.59. The number of nitrogens with zero attached hydrogens (tertiary/aromatic N) is 2. The maximum absolute atomic E-state index is 6.21. The van der Waals surface area contributed by atoms with Gasteiger partial charge in [-0.25, -0.2) is 4.98 Å². The quantitative estimate of drug-likeness (QED) is 0.645. The van der Waals surface area contributed by atoms with Gasteiger partial charge in [0.2, 0.25) is 5.13 Å². The van der Waals surface area contributed by atoms with Crippen molar-refractivity contribution in [2.75, 3.05) is 19.1 Å². The molecule has 0 aliphatic heterocycles. The highest BCUT2D eigenvalue weighted by atomic mass is 35.5. The molecule has 0 spiro atoms. The van der Waals surface area contributed by atoms with E-state index in [0.717, 1.165) is 16.4 Å². The first-order valence-corrected chi connectivity index (χ1v) is 7.61.